The molecule has 3 fully saturated rings. The zero-order chi connectivity index (χ0) is 26.2. The molecule has 0 radical (unpaired) electrons. The van der Waals surface area contributed by atoms with Gasteiger partial charge in [0.05, 0.1) is 29.8 Å². The molecule has 196 valence electrons. The Morgan fingerprint density at radius 2 is 1.89 bits per heavy atom. The number of hydrogen-bond donors (Lipinski definition) is 3. The highest BCUT2D eigenvalue weighted by Crippen LogP contribution is 2.67. The van der Waals surface area contributed by atoms with Gasteiger partial charge >= 0.3 is 0 Å². The van der Waals surface area contributed by atoms with Gasteiger partial charge in [-0.1, -0.05) is 46.3 Å². The predicted octanol–water partition coefficient (Wildman–Crippen LogP) is 2.80. The number of likely N-dealkylation sites (tertiary alicyclic amines) is 1. The second-order valence-corrected chi connectivity index (χ2v) is 12.3. The average Bonchev–Trinajstić information content (AvgIpc) is 3.48. The molecule has 6 atom stereocenters. The van der Waals surface area contributed by atoms with E-state index in [1.165, 1.54) is 4.90 Å². The first-order valence-corrected chi connectivity index (χ1v) is 14.3. The highest BCUT2D eigenvalue weighted by Gasteiger charge is 2.75. The molecule has 8 nitrogen and oxygen atoms in total. The number of aliphatic hydroxyl groups excluding tert-OH is 1. The van der Waals surface area contributed by atoms with Gasteiger partial charge in [0.1, 0.15) is 11.8 Å². The van der Waals surface area contributed by atoms with E-state index in [2.05, 4.69) is 26.6 Å². The quantitative estimate of drug-likeness (QED) is 0.389. The smallest absolute Gasteiger partial charge is 0.244 e. The van der Waals surface area contributed by atoms with Gasteiger partial charge < -0.3 is 25.4 Å². The number of anilines is 1. The van der Waals surface area contributed by atoms with Gasteiger partial charge in [0.2, 0.25) is 17.7 Å². The van der Waals surface area contributed by atoms with Crippen LogP contribution in [0.25, 0.3) is 0 Å². The maximum Gasteiger partial charge on any atom is 0.244 e. The Kier molecular flexibility index (Phi) is 7.51. The molecule has 0 aromatic heterocycles. The summed E-state index contributed by atoms with van der Waals surface area (Å²) in [4.78, 5) is 42.4. The van der Waals surface area contributed by atoms with Crippen LogP contribution in [0.15, 0.2) is 54.6 Å². The second kappa shape index (κ2) is 10.7. The fourth-order valence-electron chi connectivity index (χ4n) is 5.99. The highest BCUT2D eigenvalue weighted by molar-refractivity contribution is 9.09. The van der Waals surface area contributed by atoms with E-state index in [1.54, 1.807) is 36.0 Å². The largest absolute Gasteiger partial charge is 0.494 e. The summed E-state index contributed by atoms with van der Waals surface area (Å²) in [5, 5.41) is 15.6. The van der Waals surface area contributed by atoms with Crippen LogP contribution in [-0.2, 0) is 20.9 Å². The third-order valence-electron chi connectivity index (χ3n) is 7.42. The molecule has 10 heteroatoms. The number of amides is 3. The van der Waals surface area contributed by atoms with Crippen LogP contribution in [0.2, 0.25) is 0 Å². The van der Waals surface area contributed by atoms with Crippen molar-refractivity contribution in [1.29, 1.82) is 0 Å². The van der Waals surface area contributed by atoms with Crippen LogP contribution in [0.4, 0.5) is 5.69 Å². The van der Waals surface area contributed by atoms with Crippen molar-refractivity contribution in [3.8, 4) is 5.75 Å². The van der Waals surface area contributed by atoms with Gasteiger partial charge in [-0.15, -0.1) is 11.8 Å². The number of hydrogen-bond acceptors (Lipinski definition) is 6. The Morgan fingerprint density at radius 1 is 1.16 bits per heavy atom. The van der Waals surface area contributed by atoms with E-state index in [0.29, 0.717) is 31.0 Å². The molecular weight excluding hydrogens is 558 g/mol. The maximum atomic E-state index is 13.8. The van der Waals surface area contributed by atoms with E-state index in [0.717, 1.165) is 5.56 Å². The minimum atomic E-state index is -0.765. The summed E-state index contributed by atoms with van der Waals surface area (Å²) in [6.45, 7) is 2.59. The van der Waals surface area contributed by atoms with Crippen molar-refractivity contribution in [3.05, 3.63) is 60.2 Å². The van der Waals surface area contributed by atoms with Crippen LogP contribution >= 0.6 is 27.7 Å². The number of alkyl halides is 1. The van der Waals surface area contributed by atoms with Crippen molar-refractivity contribution in [2.45, 2.75) is 40.8 Å². The van der Waals surface area contributed by atoms with Crippen molar-refractivity contribution in [2.75, 3.05) is 25.1 Å². The summed E-state index contributed by atoms with van der Waals surface area (Å²) in [5.74, 6) is -1.26. The number of ether oxygens (including phenoxy) is 1. The highest BCUT2D eigenvalue weighted by atomic mass is 79.9. The van der Waals surface area contributed by atoms with Crippen molar-refractivity contribution in [3.63, 3.8) is 0 Å². The molecule has 3 unspecified atom stereocenters. The second-order valence-electron chi connectivity index (χ2n) is 9.57. The Balaban J connectivity index is 1.40. The predicted molar refractivity (Wildman–Crippen MR) is 146 cm³/mol. The summed E-state index contributed by atoms with van der Waals surface area (Å²) < 4.78 is 4.73. The van der Waals surface area contributed by atoms with Crippen LogP contribution in [0.3, 0.4) is 0 Å². The van der Waals surface area contributed by atoms with E-state index >= 15 is 0 Å². The van der Waals surface area contributed by atoms with E-state index < -0.39 is 22.6 Å². The van der Waals surface area contributed by atoms with Crippen LogP contribution in [0.1, 0.15) is 18.9 Å². The minimum absolute atomic E-state index is 0.0175. The molecule has 3 N–H and O–H groups in total. The number of carbonyl (C=O) groups excluding carboxylic acids is 3. The normalized spacial score (nSPS) is 29.8. The first-order valence-electron chi connectivity index (χ1n) is 12.5. The lowest BCUT2D eigenvalue weighted by Gasteiger charge is -2.35. The van der Waals surface area contributed by atoms with E-state index in [4.69, 9.17) is 4.74 Å². The van der Waals surface area contributed by atoms with E-state index in [9.17, 15) is 19.5 Å². The van der Waals surface area contributed by atoms with Crippen molar-refractivity contribution in [1.82, 2.24) is 10.2 Å². The lowest BCUT2D eigenvalue weighted by Crippen LogP contribution is -2.54. The number of nitrogens with zero attached hydrogens (tertiary/aromatic N) is 1. The zero-order valence-electron chi connectivity index (χ0n) is 20.4. The molecule has 2 bridgehead atoms. The average molecular weight is 589 g/mol. The number of carbonyl (C=O) groups is 3. The fourth-order valence-corrected chi connectivity index (χ4v) is 9.60. The van der Waals surface area contributed by atoms with E-state index in [1.807, 2.05) is 37.3 Å². The van der Waals surface area contributed by atoms with Crippen molar-refractivity contribution >= 4 is 51.1 Å². The van der Waals surface area contributed by atoms with Gasteiger partial charge in [0, 0.05) is 28.9 Å². The van der Waals surface area contributed by atoms with Gasteiger partial charge in [-0.3, -0.25) is 14.4 Å². The Morgan fingerprint density at radius 3 is 2.57 bits per heavy atom. The summed E-state index contributed by atoms with van der Waals surface area (Å²) in [5.41, 5.74) is 1.58. The number of aliphatic hydroxyl groups is 1. The maximum absolute atomic E-state index is 13.8. The van der Waals surface area contributed by atoms with Crippen LogP contribution in [-0.4, -0.2) is 68.4 Å². The summed E-state index contributed by atoms with van der Waals surface area (Å²) in [6.07, 6.45) is 0.594. The number of nitrogens with one attached hydrogen (secondary N) is 2. The van der Waals surface area contributed by atoms with Gasteiger partial charge in [-0.2, -0.15) is 0 Å². The lowest BCUT2D eigenvalue weighted by molar-refractivity contribution is -0.139. The van der Waals surface area contributed by atoms with Gasteiger partial charge in [0.15, 0.2) is 0 Å². The Labute approximate surface area is 228 Å². The van der Waals surface area contributed by atoms with Crippen LogP contribution in [0, 0.1) is 11.8 Å². The van der Waals surface area contributed by atoms with Crippen LogP contribution in [0.5, 0.6) is 5.75 Å². The standard InChI is InChI=1S/C27H30BrN3O5S/c1-2-36-18-10-8-17(9-11-18)30-24(33)20-21-26(35)31(12-13-32)23(27(21)14-19(28)22(20)37-27)25(34)29-15-16-6-4-3-5-7-16/h3-11,19-23,32H,2,12-15H2,1H3,(H,29,34)(H,30,33)/t19?,20-,21+,22-,23?,27?/m1/s1. The minimum Gasteiger partial charge on any atom is -0.494 e. The Bertz CT molecular complexity index is 1170. The molecule has 1 spiro atoms. The number of β-amino-alcohol motifs (C(OH)–C–C–N with tert-alkyl or cyclic N) is 1. The molecule has 37 heavy (non-hydrogen) atoms. The SMILES string of the molecule is CCOc1ccc(NC(=O)[C@H]2[C@@H]3SC4(CC3Br)C(C(=O)NCc3ccccc3)N(CCO)C(=O)[C@H]24)cc1. The lowest BCUT2D eigenvalue weighted by atomic mass is 9.70. The molecule has 2 aromatic rings. The molecule has 3 amide bonds. The summed E-state index contributed by atoms with van der Waals surface area (Å²) in [7, 11) is 0. The fraction of sp³-hybridized carbons (Fsp3) is 0.444. The summed E-state index contributed by atoms with van der Waals surface area (Å²) in [6, 6.07) is 16.0. The number of fused-ring (bicyclic) bond motifs is 1. The molecule has 3 heterocycles. The van der Waals surface area contributed by atoms with Crippen LogP contribution < -0.4 is 15.4 Å². The number of benzene rings is 2. The molecule has 5 rings (SSSR count). The number of rotatable bonds is 9. The van der Waals surface area contributed by atoms with Gasteiger partial charge in [-0.25, -0.2) is 0 Å². The van der Waals surface area contributed by atoms with Gasteiger partial charge in [-0.05, 0) is 43.2 Å². The summed E-state index contributed by atoms with van der Waals surface area (Å²) >= 11 is 5.32. The first kappa shape index (κ1) is 26.1. The first-order chi connectivity index (χ1) is 17.9. The molecule has 2 aromatic carbocycles. The van der Waals surface area contributed by atoms with E-state index in [-0.39, 0.29) is 41.0 Å². The molecule has 3 aliphatic heterocycles. The topological polar surface area (TPSA) is 108 Å². The molecule has 0 saturated carbocycles. The molecule has 3 saturated heterocycles. The number of halogens is 1. The Hall–Kier alpha value is -2.56. The monoisotopic (exact) mass is 587 g/mol. The molecule has 0 aliphatic carbocycles. The van der Waals surface area contributed by atoms with Crippen molar-refractivity contribution in [2.24, 2.45) is 11.8 Å². The molecular formula is C27H30BrN3O5S. The molecule has 3 aliphatic rings. The van der Waals surface area contributed by atoms with Gasteiger partial charge in [0.25, 0.3) is 0 Å². The number of thioether (sulfide) groups is 1. The third-order valence-corrected chi connectivity index (χ3v) is 10.6. The third kappa shape index (κ3) is 4.64. The zero-order valence-corrected chi connectivity index (χ0v) is 22.8. The van der Waals surface area contributed by atoms with Crippen molar-refractivity contribution < 1.29 is 24.2 Å².